The molecule has 0 spiro atoms. The monoisotopic (exact) mass is 345 g/mol. The molecule has 3 heterocycles. The van der Waals surface area contributed by atoms with E-state index in [9.17, 15) is 8.78 Å². The maximum Gasteiger partial charge on any atom is 0.329 e. The highest BCUT2D eigenvalue weighted by Gasteiger charge is 2.38. The Balaban J connectivity index is 1.64. The molecule has 130 valence electrons. The van der Waals surface area contributed by atoms with Crippen LogP contribution >= 0.6 is 0 Å². The third-order valence-corrected chi connectivity index (χ3v) is 4.10. The Morgan fingerprint density at radius 1 is 1.16 bits per heavy atom. The van der Waals surface area contributed by atoms with Gasteiger partial charge in [0.15, 0.2) is 5.65 Å². The smallest absolute Gasteiger partial charge is 0.329 e. The maximum absolute atomic E-state index is 14.5. The molecule has 0 aliphatic carbocycles. The summed E-state index contributed by atoms with van der Waals surface area (Å²) in [5, 5.41) is 7.52. The summed E-state index contributed by atoms with van der Waals surface area (Å²) in [6, 6.07) is 11.4. The Hall–Kier alpha value is -2.38. The molecule has 25 heavy (non-hydrogen) atoms. The van der Waals surface area contributed by atoms with Gasteiger partial charge in [-0.25, -0.2) is 0 Å². The standard InChI is InChI=1S/C18H17F2N3O2/c1-12-2-4-13(5-3-12)14-6-7-16-21-22-17(23(16)8-14)18(19,20)11-24-9-15-10-25-15/h2-8,15H,9-11H2,1H3. The number of halogens is 2. The fourth-order valence-electron chi connectivity index (χ4n) is 2.60. The number of hydrogen-bond acceptors (Lipinski definition) is 4. The summed E-state index contributed by atoms with van der Waals surface area (Å²) in [4.78, 5) is 0. The molecule has 0 bridgehead atoms. The van der Waals surface area contributed by atoms with E-state index in [0.29, 0.717) is 12.3 Å². The molecule has 1 saturated heterocycles. The molecule has 2 aromatic heterocycles. The zero-order valence-electron chi connectivity index (χ0n) is 13.7. The van der Waals surface area contributed by atoms with Crippen LogP contribution in [0.2, 0.25) is 0 Å². The number of aryl methyl sites for hydroxylation is 1. The number of aromatic nitrogens is 3. The zero-order chi connectivity index (χ0) is 17.4. The van der Waals surface area contributed by atoms with Gasteiger partial charge in [0.2, 0.25) is 5.82 Å². The molecular formula is C18H17F2N3O2. The van der Waals surface area contributed by atoms with E-state index in [-0.39, 0.29) is 12.7 Å². The average molecular weight is 345 g/mol. The molecule has 1 fully saturated rings. The van der Waals surface area contributed by atoms with Crippen LogP contribution in [0.4, 0.5) is 8.78 Å². The fourth-order valence-corrected chi connectivity index (χ4v) is 2.60. The van der Waals surface area contributed by atoms with Crippen LogP contribution in [0.5, 0.6) is 0 Å². The highest BCUT2D eigenvalue weighted by Crippen LogP contribution is 2.29. The minimum Gasteiger partial charge on any atom is -0.372 e. The Labute approximate surface area is 143 Å². The van der Waals surface area contributed by atoms with Gasteiger partial charge in [-0.3, -0.25) is 4.40 Å². The molecule has 1 atom stereocenters. The van der Waals surface area contributed by atoms with E-state index in [2.05, 4.69) is 10.2 Å². The molecular weight excluding hydrogens is 328 g/mol. The van der Waals surface area contributed by atoms with E-state index >= 15 is 0 Å². The average Bonchev–Trinajstić information content (AvgIpc) is 3.31. The van der Waals surface area contributed by atoms with Crippen LogP contribution in [0.3, 0.4) is 0 Å². The van der Waals surface area contributed by atoms with Crippen molar-refractivity contribution in [1.29, 1.82) is 0 Å². The topological polar surface area (TPSA) is 52.0 Å². The Bertz CT molecular complexity index is 889. The van der Waals surface area contributed by atoms with E-state index in [1.807, 2.05) is 37.3 Å². The summed E-state index contributed by atoms with van der Waals surface area (Å²) in [6.07, 6.45) is 1.58. The van der Waals surface area contributed by atoms with Crippen molar-refractivity contribution >= 4 is 5.65 Å². The van der Waals surface area contributed by atoms with Crippen LogP contribution in [0.1, 0.15) is 11.4 Å². The van der Waals surface area contributed by atoms with E-state index in [1.54, 1.807) is 12.3 Å². The first-order valence-electron chi connectivity index (χ1n) is 8.02. The summed E-state index contributed by atoms with van der Waals surface area (Å²) in [5.74, 6) is -3.66. The number of rotatable bonds is 6. The quantitative estimate of drug-likeness (QED) is 0.644. The second-order valence-corrected chi connectivity index (χ2v) is 6.21. The molecule has 7 heteroatoms. The number of pyridine rings is 1. The lowest BCUT2D eigenvalue weighted by Gasteiger charge is -2.14. The summed E-state index contributed by atoms with van der Waals surface area (Å²) in [5.41, 5.74) is 3.27. The summed E-state index contributed by atoms with van der Waals surface area (Å²) in [6.45, 7) is 1.99. The maximum atomic E-state index is 14.5. The molecule has 1 aromatic carbocycles. The van der Waals surface area contributed by atoms with Gasteiger partial charge in [-0.1, -0.05) is 29.8 Å². The predicted molar refractivity (Wildman–Crippen MR) is 87.6 cm³/mol. The highest BCUT2D eigenvalue weighted by atomic mass is 19.3. The molecule has 0 saturated carbocycles. The molecule has 3 aromatic rings. The summed E-state index contributed by atoms with van der Waals surface area (Å²) < 4.78 is 40.3. The van der Waals surface area contributed by atoms with Crippen LogP contribution in [-0.4, -0.2) is 40.5 Å². The second-order valence-electron chi connectivity index (χ2n) is 6.21. The van der Waals surface area contributed by atoms with Gasteiger partial charge in [0, 0.05) is 6.20 Å². The highest BCUT2D eigenvalue weighted by molar-refractivity contribution is 5.64. The van der Waals surface area contributed by atoms with Gasteiger partial charge in [-0.2, -0.15) is 8.78 Å². The molecule has 1 aliphatic rings. The molecule has 4 rings (SSSR count). The van der Waals surface area contributed by atoms with Crippen LogP contribution in [0, 0.1) is 6.92 Å². The SMILES string of the molecule is Cc1ccc(-c2ccc3nnc(C(F)(F)COCC4CO4)n3c2)cc1. The molecule has 5 nitrogen and oxygen atoms in total. The van der Waals surface area contributed by atoms with Crippen molar-refractivity contribution in [3.05, 3.63) is 54.0 Å². The molecule has 1 aliphatic heterocycles. The summed E-state index contributed by atoms with van der Waals surface area (Å²) in [7, 11) is 0. The van der Waals surface area contributed by atoms with Crippen molar-refractivity contribution in [2.75, 3.05) is 19.8 Å². The molecule has 0 amide bonds. The lowest BCUT2D eigenvalue weighted by Crippen LogP contribution is -2.25. The van der Waals surface area contributed by atoms with Gasteiger partial charge in [-0.05, 0) is 30.2 Å². The third kappa shape index (κ3) is 3.38. The normalized spacial score (nSPS) is 17.2. The molecule has 1 unspecified atom stereocenters. The first-order chi connectivity index (χ1) is 12.0. The number of nitrogens with zero attached hydrogens (tertiary/aromatic N) is 3. The number of epoxide rings is 1. The Kier molecular flexibility index (Phi) is 3.97. The van der Waals surface area contributed by atoms with Crippen molar-refractivity contribution in [1.82, 2.24) is 14.6 Å². The van der Waals surface area contributed by atoms with E-state index in [1.165, 1.54) is 4.40 Å². The van der Waals surface area contributed by atoms with Crippen molar-refractivity contribution in [2.24, 2.45) is 0 Å². The van der Waals surface area contributed by atoms with Crippen molar-refractivity contribution in [2.45, 2.75) is 19.0 Å². The van der Waals surface area contributed by atoms with Gasteiger partial charge < -0.3 is 9.47 Å². The second kappa shape index (κ2) is 6.16. The Morgan fingerprint density at radius 3 is 2.60 bits per heavy atom. The Morgan fingerprint density at radius 2 is 1.88 bits per heavy atom. The van der Waals surface area contributed by atoms with Crippen LogP contribution in [-0.2, 0) is 15.4 Å². The number of benzene rings is 1. The van der Waals surface area contributed by atoms with Gasteiger partial charge in [-0.15, -0.1) is 10.2 Å². The molecule has 0 N–H and O–H groups in total. The van der Waals surface area contributed by atoms with Crippen LogP contribution in [0.25, 0.3) is 16.8 Å². The van der Waals surface area contributed by atoms with E-state index < -0.39 is 18.4 Å². The lowest BCUT2D eigenvalue weighted by molar-refractivity contribution is -0.0912. The minimum atomic E-state index is -3.24. The van der Waals surface area contributed by atoms with Gasteiger partial charge in [0.25, 0.3) is 0 Å². The number of ether oxygens (including phenoxy) is 2. The largest absolute Gasteiger partial charge is 0.372 e. The predicted octanol–water partition coefficient (Wildman–Crippen LogP) is 3.21. The third-order valence-electron chi connectivity index (χ3n) is 4.10. The van der Waals surface area contributed by atoms with Crippen LogP contribution < -0.4 is 0 Å². The van der Waals surface area contributed by atoms with Crippen molar-refractivity contribution in [3.63, 3.8) is 0 Å². The van der Waals surface area contributed by atoms with Gasteiger partial charge in [0.1, 0.15) is 12.7 Å². The molecule has 0 radical (unpaired) electrons. The fraction of sp³-hybridized carbons (Fsp3) is 0.333. The van der Waals surface area contributed by atoms with Crippen molar-refractivity contribution < 1.29 is 18.3 Å². The van der Waals surface area contributed by atoms with Crippen LogP contribution in [0.15, 0.2) is 42.6 Å². The minimum absolute atomic E-state index is 0.0564. The number of hydrogen-bond donors (Lipinski definition) is 0. The number of alkyl halides is 2. The van der Waals surface area contributed by atoms with Gasteiger partial charge in [0.05, 0.1) is 13.2 Å². The van der Waals surface area contributed by atoms with Gasteiger partial charge >= 0.3 is 5.92 Å². The zero-order valence-corrected chi connectivity index (χ0v) is 13.7. The first-order valence-corrected chi connectivity index (χ1v) is 8.02. The lowest BCUT2D eigenvalue weighted by atomic mass is 10.1. The van der Waals surface area contributed by atoms with E-state index in [4.69, 9.17) is 9.47 Å². The summed E-state index contributed by atoms with van der Waals surface area (Å²) >= 11 is 0. The first kappa shape index (κ1) is 16.1. The number of fused-ring (bicyclic) bond motifs is 1. The van der Waals surface area contributed by atoms with Crippen molar-refractivity contribution in [3.8, 4) is 11.1 Å². The van der Waals surface area contributed by atoms with E-state index in [0.717, 1.165) is 16.7 Å².